The molecule has 0 saturated carbocycles. The number of fused-ring (bicyclic) bond motifs is 1. The van der Waals surface area contributed by atoms with E-state index in [1.54, 1.807) is 7.05 Å². The molecule has 2 aromatic rings. The van der Waals surface area contributed by atoms with Gasteiger partial charge in [0.25, 0.3) is 0 Å². The van der Waals surface area contributed by atoms with Gasteiger partial charge in [0.15, 0.2) is 5.96 Å². The number of ether oxygens (including phenoxy) is 1. The van der Waals surface area contributed by atoms with Gasteiger partial charge in [-0.1, -0.05) is 24.3 Å². The molecular weight excluding hydrogens is 405 g/mol. The number of rotatable bonds is 6. The van der Waals surface area contributed by atoms with Crippen LogP contribution >= 0.6 is 0 Å². The molecule has 1 saturated heterocycles. The van der Waals surface area contributed by atoms with E-state index in [2.05, 4.69) is 50.7 Å². The minimum atomic E-state index is -0.212. The molecule has 32 heavy (non-hydrogen) atoms. The van der Waals surface area contributed by atoms with Crippen molar-refractivity contribution in [2.75, 3.05) is 58.4 Å². The van der Waals surface area contributed by atoms with Crippen LogP contribution in [-0.4, -0.2) is 64.3 Å². The van der Waals surface area contributed by atoms with E-state index in [0.29, 0.717) is 6.54 Å². The van der Waals surface area contributed by atoms with Gasteiger partial charge in [-0.05, 0) is 47.7 Å². The van der Waals surface area contributed by atoms with Crippen molar-refractivity contribution in [1.29, 1.82) is 0 Å². The van der Waals surface area contributed by atoms with Gasteiger partial charge in [-0.3, -0.25) is 9.89 Å². The van der Waals surface area contributed by atoms with E-state index < -0.39 is 0 Å². The molecule has 0 aliphatic carbocycles. The summed E-state index contributed by atoms with van der Waals surface area (Å²) in [4.78, 5) is 9.13. The first-order valence-corrected chi connectivity index (χ1v) is 11.5. The molecule has 172 valence electrons. The maximum Gasteiger partial charge on any atom is 0.191 e. The Morgan fingerprint density at radius 1 is 1.09 bits per heavy atom. The molecular formula is C25H34FN5O. The number of hydrogen-bond donors (Lipinski definition) is 2. The van der Waals surface area contributed by atoms with Crippen LogP contribution in [0.4, 0.5) is 10.1 Å². The molecule has 0 amide bonds. The normalized spacial score (nSPS) is 18.2. The number of hydrogen-bond acceptors (Lipinski definition) is 4. The zero-order chi connectivity index (χ0) is 22.3. The van der Waals surface area contributed by atoms with Gasteiger partial charge in [-0.15, -0.1) is 0 Å². The Morgan fingerprint density at radius 3 is 2.62 bits per heavy atom. The van der Waals surface area contributed by atoms with Crippen molar-refractivity contribution < 1.29 is 9.13 Å². The molecule has 0 aromatic heterocycles. The van der Waals surface area contributed by atoms with Crippen molar-refractivity contribution in [1.82, 2.24) is 15.5 Å². The van der Waals surface area contributed by atoms with Crippen LogP contribution in [0.3, 0.4) is 0 Å². The van der Waals surface area contributed by atoms with Crippen molar-refractivity contribution in [3.8, 4) is 0 Å². The molecule has 7 heteroatoms. The molecule has 2 N–H and O–H groups in total. The minimum absolute atomic E-state index is 0.123. The summed E-state index contributed by atoms with van der Waals surface area (Å²) in [6, 6.07) is 13.7. The number of nitrogens with one attached hydrogen (secondary N) is 2. The van der Waals surface area contributed by atoms with Crippen molar-refractivity contribution in [3.63, 3.8) is 0 Å². The van der Waals surface area contributed by atoms with Crippen molar-refractivity contribution in [2.45, 2.75) is 25.4 Å². The lowest BCUT2D eigenvalue weighted by Crippen LogP contribution is -2.46. The average molecular weight is 440 g/mol. The lowest BCUT2D eigenvalue weighted by atomic mass is 9.99. The van der Waals surface area contributed by atoms with E-state index in [1.807, 2.05) is 12.1 Å². The second-order valence-electron chi connectivity index (χ2n) is 8.51. The SMILES string of the molecule is CN=C(NCc1ccc2c(c1)CCCN2C)NCC(c1ccc(F)cc1)N1CCOCC1. The average Bonchev–Trinajstić information content (AvgIpc) is 2.83. The summed E-state index contributed by atoms with van der Waals surface area (Å²) in [6.45, 7) is 5.68. The second-order valence-corrected chi connectivity index (χ2v) is 8.51. The molecule has 2 heterocycles. The summed E-state index contributed by atoms with van der Waals surface area (Å²) >= 11 is 0. The van der Waals surface area contributed by atoms with Crippen LogP contribution in [0.1, 0.15) is 29.2 Å². The van der Waals surface area contributed by atoms with Gasteiger partial charge in [-0.2, -0.15) is 0 Å². The lowest BCUT2D eigenvalue weighted by Gasteiger charge is -2.35. The van der Waals surface area contributed by atoms with E-state index in [-0.39, 0.29) is 11.9 Å². The maximum atomic E-state index is 13.5. The fourth-order valence-corrected chi connectivity index (χ4v) is 4.58. The largest absolute Gasteiger partial charge is 0.379 e. The topological polar surface area (TPSA) is 52.1 Å². The van der Waals surface area contributed by atoms with E-state index >= 15 is 0 Å². The number of aliphatic imine (C=N–C) groups is 1. The van der Waals surface area contributed by atoms with Crippen LogP contribution in [0.25, 0.3) is 0 Å². The van der Waals surface area contributed by atoms with Crippen LogP contribution < -0.4 is 15.5 Å². The second kappa shape index (κ2) is 10.8. The predicted octanol–water partition coefficient (Wildman–Crippen LogP) is 2.95. The summed E-state index contributed by atoms with van der Waals surface area (Å²) in [7, 11) is 3.95. The number of aryl methyl sites for hydroxylation is 1. The van der Waals surface area contributed by atoms with E-state index in [0.717, 1.165) is 57.3 Å². The number of benzene rings is 2. The van der Waals surface area contributed by atoms with Crippen molar-refractivity contribution in [2.24, 2.45) is 4.99 Å². The Bertz CT molecular complexity index is 911. The first-order valence-electron chi connectivity index (χ1n) is 11.5. The van der Waals surface area contributed by atoms with E-state index in [1.165, 1.54) is 35.4 Å². The number of morpholine rings is 1. The van der Waals surface area contributed by atoms with Gasteiger partial charge < -0.3 is 20.3 Å². The summed E-state index contributed by atoms with van der Waals surface area (Å²) in [5.74, 6) is 0.552. The summed E-state index contributed by atoms with van der Waals surface area (Å²) in [5.41, 5.74) is 5.11. The zero-order valence-corrected chi connectivity index (χ0v) is 19.1. The van der Waals surface area contributed by atoms with Gasteiger partial charge >= 0.3 is 0 Å². The third-order valence-electron chi connectivity index (χ3n) is 6.38. The Kier molecular flexibility index (Phi) is 7.60. The number of nitrogens with zero attached hydrogens (tertiary/aromatic N) is 3. The summed E-state index contributed by atoms with van der Waals surface area (Å²) in [5, 5.41) is 6.92. The molecule has 2 aliphatic rings. The van der Waals surface area contributed by atoms with E-state index in [4.69, 9.17) is 4.74 Å². The van der Waals surface area contributed by atoms with Crippen LogP contribution in [0.2, 0.25) is 0 Å². The molecule has 1 unspecified atom stereocenters. The monoisotopic (exact) mass is 439 g/mol. The van der Waals surface area contributed by atoms with Gasteiger partial charge in [-0.25, -0.2) is 4.39 Å². The van der Waals surface area contributed by atoms with E-state index in [9.17, 15) is 4.39 Å². The number of halogens is 1. The highest BCUT2D eigenvalue weighted by molar-refractivity contribution is 5.79. The fraction of sp³-hybridized carbons (Fsp3) is 0.480. The molecule has 2 aliphatic heterocycles. The molecule has 1 atom stereocenters. The van der Waals surface area contributed by atoms with Gasteiger partial charge in [0.2, 0.25) is 0 Å². The quantitative estimate of drug-likeness (QED) is 0.536. The molecule has 0 spiro atoms. The summed E-state index contributed by atoms with van der Waals surface area (Å²) < 4.78 is 19.0. The van der Waals surface area contributed by atoms with Gasteiger partial charge in [0.1, 0.15) is 5.82 Å². The standard InChI is InChI=1S/C25H34FN5O/c1-27-25(28-17-19-5-10-23-21(16-19)4-3-11-30(23)2)29-18-24(31-12-14-32-15-13-31)20-6-8-22(26)9-7-20/h5-10,16,24H,3-4,11-15,17-18H2,1-2H3,(H2,27,28,29). The molecule has 2 aromatic carbocycles. The highest BCUT2D eigenvalue weighted by Gasteiger charge is 2.23. The van der Waals surface area contributed by atoms with Crippen LogP contribution in [0, 0.1) is 5.82 Å². The molecule has 4 rings (SSSR count). The Morgan fingerprint density at radius 2 is 1.88 bits per heavy atom. The highest BCUT2D eigenvalue weighted by Crippen LogP contribution is 2.27. The Balaban J connectivity index is 1.38. The predicted molar refractivity (Wildman–Crippen MR) is 128 cm³/mol. The first-order chi connectivity index (χ1) is 15.6. The van der Waals surface area contributed by atoms with Crippen LogP contribution in [0.15, 0.2) is 47.5 Å². The number of anilines is 1. The smallest absolute Gasteiger partial charge is 0.191 e. The van der Waals surface area contributed by atoms with Gasteiger partial charge in [0.05, 0.1) is 19.3 Å². The van der Waals surface area contributed by atoms with Crippen molar-refractivity contribution >= 4 is 11.6 Å². The molecule has 1 fully saturated rings. The fourth-order valence-electron chi connectivity index (χ4n) is 4.58. The van der Waals surface area contributed by atoms with Gasteiger partial charge in [0, 0.05) is 52.5 Å². The Hall–Kier alpha value is -2.64. The Labute approximate surface area is 190 Å². The van der Waals surface area contributed by atoms with Crippen LogP contribution in [-0.2, 0) is 17.7 Å². The first kappa shape index (κ1) is 22.6. The van der Waals surface area contributed by atoms with Crippen LogP contribution in [0.5, 0.6) is 0 Å². The minimum Gasteiger partial charge on any atom is -0.379 e. The third kappa shape index (κ3) is 5.58. The maximum absolute atomic E-state index is 13.5. The molecule has 0 radical (unpaired) electrons. The molecule has 0 bridgehead atoms. The lowest BCUT2D eigenvalue weighted by molar-refractivity contribution is 0.0170. The summed E-state index contributed by atoms with van der Waals surface area (Å²) in [6.07, 6.45) is 2.34. The zero-order valence-electron chi connectivity index (χ0n) is 19.1. The third-order valence-corrected chi connectivity index (χ3v) is 6.38. The highest BCUT2D eigenvalue weighted by atomic mass is 19.1. The van der Waals surface area contributed by atoms with Crippen molar-refractivity contribution in [3.05, 3.63) is 65.0 Å². The molecule has 6 nitrogen and oxygen atoms in total. The number of guanidine groups is 1.